The molecule has 0 aliphatic rings. The summed E-state index contributed by atoms with van der Waals surface area (Å²) < 4.78 is 0. The van der Waals surface area contributed by atoms with E-state index in [-0.39, 0.29) is 5.69 Å². The number of rotatable bonds is 5. The van der Waals surface area contributed by atoms with E-state index in [0.717, 1.165) is 5.69 Å². The fourth-order valence-electron chi connectivity index (χ4n) is 2.21. The molecule has 7 heteroatoms. The van der Waals surface area contributed by atoms with E-state index in [1.54, 1.807) is 37.1 Å². The topological polar surface area (TPSA) is 96.6 Å². The largest absolute Gasteiger partial charge is 0.481 e. The number of nitro benzene ring substituents is 1. The fourth-order valence-corrected chi connectivity index (χ4v) is 2.21. The molecule has 1 aromatic heterocycles. The minimum Gasteiger partial charge on any atom is -0.481 e. The van der Waals surface area contributed by atoms with Gasteiger partial charge in [0.2, 0.25) is 0 Å². The molecular weight excluding hydrogens is 274 g/mol. The molecule has 2 aromatic rings. The van der Waals surface area contributed by atoms with E-state index in [0.29, 0.717) is 17.4 Å². The number of carboxylic acids is 1. The lowest BCUT2D eigenvalue weighted by molar-refractivity contribution is -0.383. The molecule has 1 aromatic carbocycles. The fraction of sp³-hybridized carbons (Fsp3) is 0.286. The van der Waals surface area contributed by atoms with Gasteiger partial charge in [-0.3, -0.25) is 14.9 Å². The van der Waals surface area contributed by atoms with Crippen molar-refractivity contribution in [2.24, 2.45) is 5.92 Å². The number of aromatic nitrogens is 1. The first-order valence-electron chi connectivity index (χ1n) is 6.38. The highest BCUT2D eigenvalue weighted by Gasteiger charge is 2.19. The summed E-state index contributed by atoms with van der Waals surface area (Å²) >= 11 is 0. The van der Waals surface area contributed by atoms with Gasteiger partial charge in [0.1, 0.15) is 5.52 Å². The maximum absolute atomic E-state index is 11.0. The minimum atomic E-state index is -0.883. The number of pyridine rings is 1. The molecule has 110 valence electrons. The third kappa shape index (κ3) is 2.91. The summed E-state index contributed by atoms with van der Waals surface area (Å²) in [6.07, 6.45) is 1.50. The van der Waals surface area contributed by atoms with E-state index in [1.807, 2.05) is 0 Å². The van der Waals surface area contributed by atoms with Crippen molar-refractivity contribution in [3.63, 3.8) is 0 Å². The van der Waals surface area contributed by atoms with Gasteiger partial charge in [-0.15, -0.1) is 0 Å². The van der Waals surface area contributed by atoms with Gasteiger partial charge in [0.25, 0.3) is 5.69 Å². The summed E-state index contributed by atoms with van der Waals surface area (Å²) in [5.74, 6) is -1.43. The number of non-ortho nitro benzene ring substituents is 1. The van der Waals surface area contributed by atoms with Crippen LogP contribution in [0, 0.1) is 16.0 Å². The Morgan fingerprint density at radius 3 is 2.81 bits per heavy atom. The molecule has 1 heterocycles. The maximum Gasteiger partial charge on any atom is 0.308 e. The second-order valence-corrected chi connectivity index (χ2v) is 4.88. The molecule has 0 aliphatic carbocycles. The highest BCUT2D eigenvalue weighted by atomic mass is 16.6. The number of hydrogen-bond donors (Lipinski definition) is 1. The van der Waals surface area contributed by atoms with E-state index in [2.05, 4.69) is 4.98 Å². The molecule has 0 radical (unpaired) electrons. The molecule has 0 spiro atoms. The van der Waals surface area contributed by atoms with Crippen LogP contribution in [0.15, 0.2) is 30.5 Å². The first kappa shape index (κ1) is 14.7. The number of benzene rings is 1. The Morgan fingerprint density at radius 1 is 1.48 bits per heavy atom. The number of anilines is 1. The van der Waals surface area contributed by atoms with Crippen LogP contribution in [-0.2, 0) is 4.79 Å². The number of fused-ring (bicyclic) bond motifs is 1. The summed E-state index contributed by atoms with van der Waals surface area (Å²) in [6.45, 7) is 1.92. The van der Waals surface area contributed by atoms with Gasteiger partial charge >= 0.3 is 5.97 Å². The van der Waals surface area contributed by atoms with Crippen molar-refractivity contribution in [3.8, 4) is 0 Å². The molecule has 0 amide bonds. The first-order valence-corrected chi connectivity index (χ1v) is 6.38. The van der Waals surface area contributed by atoms with Gasteiger partial charge in [0.15, 0.2) is 0 Å². The highest BCUT2D eigenvalue weighted by Crippen LogP contribution is 2.31. The first-order chi connectivity index (χ1) is 9.91. The van der Waals surface area contributed by atoms with Crippen LogP contribution in [0.5, 0.6) is 0 Å². The molecule has 0 saturated heterocycles. The van der Waals surface area contributed by atoms with Crippen molar-refractivity contribution in [2.75, 3.05) is 18.5 Å². The Hall–Kier alpha value is -2.70. The number of carboxylic acid groups (broad SMARTS) is 1. The van der Waals surface area contributed by atoms with Crippen LogP contribution in [0.25, 0.3) is 10.9 Å². The average Bonchev–Trinajstić information content (AvgIpc) is 2.45. The van der Waals surface area contributed by atoms with E-state index >= 15 is 0 Å². The number of carbonyl (C=O) groups is 1. The molecule has 1 N–H and O–H groups in total. The van der Waals surface area contributed by atoms with Gasteiger partial charge in [-0.05, 0) is 18.2 Å². The van der Waals surface area contributed by atoms with Gasteiger partial charge in [-0.2, -0.15) is 0 Å². The number of aliphatic carboxylic acids is 1. The molecule has 1 atom stereocenters. The Balaban J connectivity index is 2.48. The van der Waals surface area contributed by atoms with Gasteiger partial charge in [0.05, 0.1) is 10.8 Å². The Labute approximate surface area is 121 Å². The van der Waals surface area contributed by atoms with Crippen LogP contribution >= 0.6 is 0 Å². The number of nitrogens with zero attached hydrogens (tertiary/aromatic N) is 3. The van der Waals surface area contributed by atoms with Crippen LogP contribution in [-0.4, -0.2) is 34.6 Å². The van der Waals surface area contributed by atoms with Crippen molar-refractivity contribution in [2.45, 2.75) is 6.92 Å². The quantitative estimate of drug-likeness (QED) is 0.670. The van der Waals surface area contributed by atoms with E-state index in [9.17, 15) is 14.9 Å². The predicted molar refractivity (Wildman–Crippen MR) is 78.5 cm³/mol. The Kier molecular flexibility index (Phi) is 4.02. The van der Waals surface area contributed by atoms with Crippen LogP contribution in [0.4, 0.5) is 11.4 Å². The second-order valence-electron chi connectivity index (χ2n) is 4.88. The lowest BCUT2D eigenvalue weighted by Crippen LogP contribution is -2.28. The summed E-state index contributed by atoms with van der Waals surface area (Å²) in [4.78, 5) is 27.4. The number of hydrogen-bond acceptors (Lipinski definition) is 5. The van der Waals surface area contributed by atoms with Crippen molar-refractivity contribution < 1.29 is 14.8 Å². The minimum absolute atomic E-state index is 0.0611. The van der Waals surface area contributed by atoms with E-state index in [1.165, 1.54) is 12.3 Å². The molecule has 0 saturated carbocycles. The van der Waals surface area contributed by atoms with Crippen LogP contribution in [0.1, 0.15) is 6.92 Å². The van der Waals surface area contributed by atoms with Gasteiger partial charge < -0.3 is 10.0 Å². The Morgan fingerprint density at radius 2 is 2.19 bits per heavy atom. The van der Waals surface area contributed by atoms with E-state index < -0.39 is 16.8 Å². The standard InChI is InChI=1S/C14H15N3O4/c1-9(14(18)19)8-16(2)11-5-6-12(17(20)21)13-10(11)4-3-7-15-13/h3-7,9H,8H2,1-2H3,(H,18,19). The molecule has 7 nitrogen and oxygen atoms in total. The van der Waals surface area contributed by atoms with Crippen LogP contribution in [0.2, 0.25) is 0 Å². The molecule has 2 rings (SSSR count). The van der Waals surface area contributed by atoms with Crippen molar-refractivity contribution in [1.29, 1.82) is 0 Å². The molecule has 1 unspecified atom stereocenters. The zero-order valence-electron chi connectivity index (χ0n) is 11.7. The molecule has 0 bridgehead atoms. The van der Waals surface area contributed by atoms with Gasteiger partial charge in [-0.25, -0.2) is 4.98 Å². The van der Waals surface area contributed by atoms with Crippen LogP contribution < -0.4 is 4.90 Å². The average molecular weight is 289 g/mol. The monoisotopic (exact) mass is 289 g/mol. The Bertz CT molecular complexity index is 702. The summed E-state index contributed by atoms with van der Waals surface area (Å²) in [6, 6.07) is 6.46. The maximum atomic E-state index is 11.0. The van der Waals surface area contributed by atoms with Crippen molar-refractivity contribution in [1.82, 2.24) is 4.98 Å². The van der Waals surface area contributed by atoms with Crippen molar-refractivity contribution in [3.05, 3.63) is 40.6 Å². The summed E-state index contributed by atoms with van der Waals surface area (Å²) in [7, 11) is 1.76. The van der Waals surface area contributed by atoms with Crippen molar-refractivity contribution >= 4 is 28.2 Å². The lowest BCUT2D eigenvalue weighted by atomic mass is 10.1. The van der Waals surface area contributed by atoms with E-state index in [4.69, 9.17) is 5.11 Å². The number of nitro groups is 1. The molecule has 0 fully saturated rings. The summed E-state index contributed by atoms with van der Waals surface area (Å²) in [5, 5.41) is 20.6. The van der Waals surface area contributed by atoms with Gasteiger partial charge in [-0.1, -0.05) is 6.92 Å². The molecule has 21 heavy (non-hydrogen) atoms. The van der Waals surface area contributed by atoms with Crippen LogP contribution in [0.3, 0.4) is 0 Å². The molecular formula is C14H15N3O4. The lowest BCUT2D eigenvalue weighted by Gasteiger charge is -2.22. The van der Waals surface area contributed by atoms with Gasteiger partial charge in [0, 0.05) is 36.9 Å². The second kappa shape index (κ2) is 5.74. The SMILES string of the molecule is CC(CN(C)c1ccc([N+](=O)[O-])c2ncccc12)C(=O)O. The zero-order valence-corrected chi connectivity index (χ0v) is 11.7. The third-order valence-electron chi connectivity index (χ3n) is 3.30. The smallest absolute Gasteiger partial charge is 0.308 e. The highest BCUT2D eigenvalue weighted by molar-refractivity contribution is 5.97. The third-order valence-corrected chi connectivity index (χ3v) is 3.30. The predicted octanol–water partition coefficient (Wildman–Crippen LogP) is 2.30. The molecule has 0 aliphatic heterocycles. The normalized spacial score (nSPS) is 12.1. The zero-order chi connectivity index (χ0) is 15.6. The summed E-state index contributed by atoms with van der Waals surface area (Å²) in [5.41, 5.74) is 0.959.